The monoisotopic (exact) mass is 436 g/mol. The molecule has 31 heavy (non-hydrogen) atoms. The van der Waals surface area contributed by atoms with E-state index < -0.39 is 0 Å². The number of furan rings is 1. The zero-order valence-corrected chi connectivity index (χ0v) is 19.0. The van der Waals surface area contributed by atoms with Gasteiger partial charge in [0.25, 0.3) is 11.8 Å². The molecule has 0 radical (unpaired) electrons. The summed E-state index contributed by atoms with van der Waals surface area (Å²) in [6.45, 7) is 7.25. The van der Waals surface area contributed by atoms with Crippen LogP contribution in [0.4, 0.5) is 5.00 Å². The number of fused-ring (bicyclic) bond motifs is 1. The quantitative estimate of drug-likeness (QED) is 0.541. The highest BCUT2D eigenvalue weighted by Gasteiger charge is 2.34. The van der Waals surface area contributed by atoms with E-state index in [1.807, 2.05) is 30.3 Å². The largest absolute Gasteiger partial charge is 0.459 e. The molecular formula is C25H28N2O3S. The fraction of sp³-hybridized carbons (Fsp3) is 0.360. The number of hydrogen-bond donors (Lipinski definition) is 2. The van der Waals surface area contributed by atoms with Gasteiger partial charge in [0.05, 0.1) is 11.8 Å². The van der Waals surface area contributed by atoms with Crippen molar-refractivity contribution in [2.75, 3.05) is 5.32 Å². The molecule has 2 amide bonds. The molecule has 1 aliphatic carbocycles. The average molecular weight is 437 g/mol. The summed E-state index contributed by atoms with van der Waals surface area (Å²) in [7, 11) is 0. The van der Waals surface area contributed by atoms with Gasteiger partial charge in [0, 0.05) is 11.4 Å². The fourth-order valence-corrected chi connectivity index (χ4v) is 5.41. The van der Waals surface area contributed by atoms with Gasteiger partial charge in [-0.1, -0.05) is 51.1 Å². The molecule has 0 unspecified atom stereocenters. The van der Waals surface area contributed by atoms with Gasteiger partial charge in [-0.25, -0.2) is 0 Å². The minimum absolute atomic E-state index is 0.148. The van der Waals surface area contributed by atoms with Crippen LogP contribution in [-0.2, 0) is 19.4 Å². The number of carbonyl (C=O) groups excluding carboxylic acids is 2. The Kier molecular flexibility index (Phi) is 6.01. The molecule has 0 fully saturated rings. The van der Waals surface area contributed by atoms with E-state index in [0.717, 1.165) is 30.4 Å². The van der Waals surface area contributed by atoms with E-state index in [-0.39, 0.29) is 23.0 Å². The first-order chi connectivity index (χ1) is 14.8. The average Bonchev–Trinajstić information content (AvgIpc) is 3.39. The molecular weight excluding hydrogens is 408 g/mol. The predicted octanol–water partition coefficient (Wildman–Crippen LogP) is 5.67. The van der Waals surface area contributed by atoms with Gasteiger partial charge < -0.3 is 15.1 Å². The lowest BCUT2D eigenvalue weighted by atomic mass is 9.72. The minimum Gasteiger partial charge on any atom is -0.459 e. The molecule has 1 aliphatic rings. The van der Waals surface area contributed by atoms with Crippen LogP contribution < -0.4 is 10.6 Å². The Balaban J connectivity index is 1.62. The minimum atomic E-state index is -0.340. The third-order valence-electron chi connectivity index (χ3n) is 5.99. The van der Waals surface area contributed by atoms with Crippen LogP contribution in [0.2, 0.25) is 0 Å². The van der Waals surface area contributed by atoms with Crippen molar-refractivity contribution in [2.45, 2.75) is 46.6 Å². The summed E-state index contributed by atoms with van der Waals surface area (Å²) in [5, 5.41) is 6.57. The number of anilines is 1. The van der Waals surface area contributed by atoms with Crippen LogP contribution in [0, 0.1) is 11.3 Å². The molecule has 0 saturated carbocycles. The molecule has 0 spiro atoms. The summed E-state index contributed by atoms with van der Waals surface area (Å²) in [6.07, 6.45) is 4.28. The molecule has 6 heteroatoms. The third kappa shape index (κ3) is 4.74. The number of benzene rings is 1. The Morgan fingerprint density at radius 2 is 1.87 bits per heavy atom. The van der Waals surface area contributed by atoms with E-state index in [1.54, 1.807) is 12.1 Å². The van der Waals surface area contributed by atoms with Crippen LogP contribution in [0.5, 0.6) is 0 Å². The Morgan fingerprint density at radius 3 is 2.55 bits per heavy atom. The molecule has 2 N–H and O–H groups in total. The number of rotatable bonds is 5. The summed E-state index contributed by atoms with van der Waals surface area (Å²) in [5.74, 6) is 0.292. The molecule has 3 aromatic rings. The lowest BCUT2D eigenvalue weighted by Gasteiger charge is -2.33. The van der Waals surface area contributed by atoms with Crippen molar-refractivity contribution in [3.05, 3.63) is 76.1 Å². The van der Waals surface area contributed by atoms with Crippen molar-refractivity contribution in [3.63, 3.8) is 0 Å². The second-order valence-corrected chi connectivity index (χ2v) is 10.2. The van der Waals surface area contributed by atoms with Crippen LogP contribution in [0.15, 0.2) is 53.1 Å². The molecule has 0 saturated heterocycles. The molecule has 0 aliphatic heterocycles. The molecule has 1 atom stereocenters. The van der Waals surface area contributed by atoms with E-state index in [9.17, 15) is 9.59 Å². The smallest absolute Gasteiger partial charge is 0.291 e. The van der Waals surface area contributed by atoms with Crippen LogP contribution >= 0.6 is 11.3 Å². The van der Waals surface area contributed by atoms with Gasteiger partial charge in [-0.3, -0.25) is 9.59 Å². The van der Waals surface area contributed by atoms with Gasteiger partial charge in [-0.05, 0) is 53.9 Å². The maximum Gasteiger partial charge on any atom is 0.291 e. The fourth-order valence-electron chi connectivity index (χ4n) is 4.09. The second-order valence-electron chi connectivity index (χ2n) is 9.11. The van der Waals surface area contributed by atoms with Crippen molar-refractivity contribution < 1.29 is 14.0 Å². The van der Waals surface area contributed by atoms with Gasteiger partial charge in [0.2, 0.25) is 0 Å². The third-order valence-corrected chi connectivity index (χ3v) is 7.15. The SMILES string of the molecule is CC(C)(C)[C@H]1CCc2c(sc(NC(=O)c3ccco3)c2C(=O)NCc2ccccc2)C1. The first-order valence-corrected chi connectivity index (χ1v) is 11.5. The van der Waals surface area contributed by atoms with E-state index >= 15 is 0 Å². The van der Waals surface area contributed by atoms with Crippen LogP contribution in [0.3, 0.4) is 0 Å². The van der Waals surface area contributed by atoms with E-state index in [1.165, 1.54) is 22.5 Å². The van der Waals surface area contributed by atoms with Crippen LogP contribution in [-0.4, -0.2) is 11.8 Å². The molecule has 5 nitrogen and oxygen atoms in total. The summed E-state index contributed by atoms with van der Waals surface area (Å²) in [6, 6.07) is 13.1. The molecule has 2 aromatic heterocycles. The predicted molar refractivity (Wildman–Crippen MR) is 124 cm³/mol. The summed E-state index contributed by atoms with van der Waals surface area (Å²) < 4.78 is 5.23. The molecule has 1 aromatic carbocycles. The maximum absolute atomic E-state index is 13.2. The normalized spacial score (nSPS) is 15.9. The standard InChI is InChI=1S/C25H28N2O3S/c1-25(2,3)17-11-12-18-20(14-17)31-24(27-22(28)19-10-7-13-30-19)21(18)23(29)26-15-16-8-5-4-6-9-16/h4-10,13,17H,11-12,14-15H2,1-3H3,(H,26,29)(H,27,28)/t17-/m0/s1. The lowest BCUT2D eigenvalue weighted by Crippen LogP contribution is -2.28. The number of thiophene rings is 1. The lowest BCUT2D eigenvalue weighted by molar-refractivity contribution is 0.0950. The van der Waals surface area contributed by atoms with E-state index in [0.29, 0.717) is 23.0 Å². The van der Waals surface area contributed by atoms with Crippen LogP contribution in [0.1, 0.15) is 64.1 Å². The highest BCUT2D eigenvalue weighted by Crippen LogP contribution is 2.44. The Morgan fingerprint density at radius 1 is 1.10 bits per heavy atom. The highest BCUT2D eigenvalue weighted by molar-refractivity contribution is 7.17. The van der Waals surface area contributed by atoms with Crippen molar-refractivity contribution >= 4 is 28.2 Å². The zero-order chi connectivity index (χ0) is 22.0. The second kappa shape index (κ2) is 8.71. The van der Waals surface area contributed by atoms with Gasteiger partial charge in [-0.15, -0.1) is 11.3 Å². The maximum atomic E-state index is 13.2. The first-order valence-electron chi connectivity index (χ1n) is 10.6. The van der Waals surface area contributed by atoms with Gasteiger partial charge in [0.15, 0.2) is 5.76 Å². The van der Waals surface area contributed by atoms with Gasteiger partial charge >= 0.3 is 0 Å². The van der Waals surface area contributed by atoms with Crippen molar-refractivity contribution in [1.82, 2.24) is 5.32 Å². The summed E-state index contributed by atoms with van der Waals surface area (Å²) >= 11 is 1.52. The topological polar surface area (TPSA) is 71.3 Å². The Bertz CT molecular complexity index is 1060. The molecule has 2 heterocycles. The number of carbonyl (C=O) groups is 2. The van der Waals surface area contributed by atoms with Crippen molar-refractivity contribution in [1.29, 1.82) is 0 Å². The molecule has 0 bridgehead atoms. The summed E-state index contributed by atoms with van der Waals surface area (Å²) in [4.78, 5) is 27.1. The zero-order valence-electron chi connectivity index (χ0n) is 18.2. The molecule has 4 rings (SSSR count). The van der Waals surface area contributed by atoms with Gasteiger partial charge in [0.1, 0.15) is 5.00 Å². The Labute approximate surface area is 186 Å². The van der Waals surface area contributed by atoms with Crippen molar-refractivity contribution in [2.24, 2.45) is 11.3 Å². The van der Waals surface area contributed by atoms with E-state index in [4.69, 9.17) is 4.42 Å². The number of hydrogen-bond acceptors (Lipinski definition) is 4. The van der Waals surface area contributed by atoms with Crippen molar-refractivity contribution in [3.8, 4) is 0 Å². The number of nitrogens with one attached hydrogen (secondary N) is 2. The Hall–Kier alpha value is -2.86. The number of amides is 2. The van der Waals surface area contributed by atoms with E-state index in [2.05, 4.69) is 31.4 Å². The molecule has 162 valence electrons. The summed E-state index contributed by atoms with van der Waals surface area (Å²) in [5.41, 5.74) is 2.91. The highest BCUT2D eigenvalue weighted by atomic mass is 32.1. The first kappa shape index (κ1) is 21.4. The van der Waals surface area contributed by atoms with Gasteiger partial charge in [-0.2, -0.15) is 0 Å². The van der Waals surface area contributed by atoms with Crippen LogP contribution in [0.25, 0.3) is 0 Å².